The third-order valence-electron chi connectivity index (χ3n) is 6.01. The van der Waals surface area contributed by atoms with Gasteiger partial charge in [0.1, 0.15) is 18.4 Å². The van der Waals surface area contributed by atoms with Crippen LogP contribution >= 0.6 is 0 Å². The van der Waals surface area contributed by atoms with Crippen LogP contribution in [0.4, 0.5) is 10.1 Å². The average Bonchev–Trinajstić information content (AvgIpc) is 2.85. The molecule has 3 aromatic rings. The van der Waals surface area contributed by atoms with Gasteiger partial charge in [-0.15, -0.1) is 0 Å². The first-order valence-electron chi connectivity index (χ1n) is 11.9. The molecule has 0 radical (unpaired) electrons. The number of hydrogen-bond acceptors (Lipinski definition) is 4. The smallest absolute Gasteiger partial charge is 0.244 e. The maximum atomic E-state index is 14.5. The molecule has 0 aliphatic rings. The topological polar surface area (TPSA) is 86.8 Å². The molecule has 1 unspecified atom stereocenters. The highest BCUT2D eigenvalue weighted by atomic mass is 32.2. The highest BCUT2D eigenvalue weighted by Crippen LogP contribution is 2.28. The van der Waals surface area contributed by atoms with Gasteiger partial charge in [-0.05, 0) is 30.9 Å². The Labute approximate surface area is 212 Å². The predicted molar refractivity (Wildman–Crippen MR) is 140 cm³/mol. The molecule has 9 heteroatoms. The van der Waals surface area contributed by atoms with Gasteiger partial charge < -0.3 is 10.2 Å². The minimum absolute atomic E-state index is 0.180. The van der Waals surface area contributed by atoms with Gasteiger partial charge in [-0.3, -0.25) is 13.9 Å². The van der Waals surface area contributed by atoms with E-state index in [4.69, 9.17) is 0 Å². The van der Waals surface area contributed by atoms with Gasteiger partial charge in [0, 0.05) is 24.0 Å². The van der Waals surface area contributed by atoms with Gasteiger partial charge in [0.15, 0.2) is 0 Å². The molecular weight excluding hydrogens is 481 g/mol. The van der Waals surface area contributed by atoms with E-state index in [1.54, 1.807) is 37.3 Å². The number of anilines is 1. The van der Waals surface area contributed by atoms with Gasteiger partial charge in [-0.2, -0.15) is 0 Å². The van der Waals surface area contributed by atoms with Crippen molar-refractivity contribution in [1.29, 1.82) is 0 Å². The molecule has 1 N–H and O–H groups in total. The Bertz CT molecular complexity index is 1320. The van der Waals surface area contributed by atoms with Crippen LogP contribution in [0, 0.1) is 5.82 Å². The molecule has 0 heterocycles. The van der Waals surface area contributed by atoms with Crippen LogP contribution in [-0.2, 0) is 26.2 Å². The first kappa shape index (κ1) is 27.1. The van der Waals surface area contributed by atoms with Crippen molar-refractivity contribution in [2.45, 2.75) is 39.3 Å². The van der Waals surface area contributed by atoms with Gasteiger partial charge in [0.25, 0.3) is 0 Å². The molecule has 0 saturated heterocycles. The van der Waals surface area contributed by atoms with Gasteiger partial charge in [-0.25, -0.2) is 12.8 Å². The molecular formula is C27H32FN3O4S. The average molecular weight is 514 g/mol. The summed E-state index contributed by atoms with van der Waals surface area (Å²) in [7, 11) is -3.87. The molecule has 192 valence electrons. The Hall–Kier alpha value is -3.46. The summed E-state index contributed by atoms with van der Waals surface area (Å²) in [5.74, 6) is -1.51. The molecule has 3 aromatic carbocycles. The molecule has 36 heavy (non-hydrogen) atoms. The zero-order valence-corrected chi connectivity index (χ0v) is 21.6. The first-order chi connectivity index (χ1) is 17.1. The second-order valence-electron chi connectivity index (χ2n) is 8.70. The number of hydrogen-bond donors (Lipinski definition) is 1. The Morgan fingerprint density at radius 2 is 1.67 bits per heavy atom. The Morgan fingerprint density at radius 3 is 2.36 bits per heavy atom. The lowest BCUT2D eigenvalue weighted by Gasteiger charge is -2.32. The van der Waals surface area contributed by atoms with Crippen molar-refractivity contribution >= 4 is 38.3 Å². The molecule has 3 rings (SSSR count). The molecule has 0 fully saturated rings. The van der Waals surface area contributed by atoms with Crippen molar-refractivity contribution < 1.29 is 22.4 Å². The van der Waals surface area contributed by atoms with E-state index < -0.39 is 34.3 Å². The summed E-state index contributed by atoms with van der Waals surface area (Å²) in [6.07, 6.45) is 2.70. The zero-order chi connectivity index (χ0) is 26.3. The number of halogens is 1. The van der Waals surface area contributed by atoms with Crippen LogP contribution in [0.5, 0.6) is 0 Å². The lowest BCUT2D eigenvalue weighted by molar-refractivity contribution is -0.139. The molecule has 7 nitrogen and oxygen atoms in total. The van der Waals surface area contributed by atoms with Crippen molar-refractivity contribution in [3.8, 4) is 0 Å². The zero-order valence-electron chi connectivity index (χ0n) is 20.8. The molecule has 1 atom stereocenters. The van der Waals surface area contributed by atoms with Crippen molar-refractivity contribution in [3.63, 3.8) is 0 Å². The Balaban J connectivity index is 1.97. The van der Waals surface area contributed by atoms with E-state index in [1.165, 1.54) is 23.1 Å². The van der Waals surface area contributed by atoms with Crippen LogP contribution in [-0.4, -0.2) is 50.5 Å². The van der Waals surface area contributed by atoms with E-state index in [0.29, 0.717) is 17.6 Å². The molecule has 2 amide bonds. The number of carbonyl (C=O) groups excluding carboxylic acids is 2. The van der Waals surface area contributed by atoms with E-state index >= 15 is 0 Å². The predicted octanol–water partition coefficient (Wildman–Crippen LogP) is 4.08. The van der Waals surface area contributed by atoms with Crippen LogP contribution < -0.4 is 9.62 Å². The van der Waals surface area contributed by atoms with Gasteiger partial charge >= 0.3 is 0 Å². The maximum Gasteiger partial charge on any atom is 0.244 e. The number of nitrogens with zero attached hydrogens (tertiary/aromatic N) is 2. The standard InChI is InChI=1S/C27H32FN3O4S/c1-4-5-17-29-27(33)20(2)30(18-22-12-7-9-15-24(22)28)26(32)19-31(36(3,34)35)25-16-10-13-21-11-6-8-14-23(21)25/h6-16,20H,4-5,17-19H2,1-3H3,(H,29,33). The second kappa shape index (κ2) is 12.0. The molecule has 0 aliphatic heterocycles. The van der Waals surface area contributed by atoms with Gasteiger partial charge in [0.05, 0.1) is 11.9 Å². The molecule has 0 bridgehead atoms. The van der Waals surface area contributed by atoms with E-state index in [2.05, 4.69) is 5.32 Å². The normalized spacial score (nSPS) is 12.2. The van der Waals surface area contributed by atoms with Crippen LogP contribution in [0.1, 0.15) is 32.3 Å². The highest BCUT2D eigenvalue weighted by molar-refractivity contribution is 7.92. The van der Waals surface area contributed by atoms with Crippen LogP contribution in [0.25, 0.3) is 10.8 Å². The minimum atomic E-state index is -3.87. The number of carbonyl (C=O) groups is 2. The summed E-state index contributed by atoms with van der Waals surface area (Å²) in [5, 5.41) is 4.29. The molecule has 0 saturated carbocycles. The summed E-state index contributed by atoms with van der Waals surface area (Å²) < 4.78 is 41.2. The van der Waals surface area contributed by atoms with Gasteiger partial charge in [-0.1, -0.05) is 67.9 Å². The summed E-state index contributed by atoms with van der Waals surface area (Å²) in [5.41, 5.74) is 0.588. The Morgan fingerprint density at radius 1 is 1.00 bits per heavy atom. The molecule has 0 aliphatic carbocycles. The fraction of sp³-hybridized carbons (Fsp3) is 0.333. The van der Waals surface area contributed by atoms with E-state index in [0.717, 1.165) is 28.8 Å². The third kappa shape index (κ3) is 6.60. The summed E-state index contributed by atoms with van der Waals surface area (Å²) in [6.45, 7) is 3.29. The first-order valence-corrected chi connectivity index (χ1v) is 13.7. The van der Waals surface area contributed by atoms with E-state index in [9.17, 15) is 22.4 Å². The number of unbranched alkanes of at least 4 members (excludes halogenated alkanes) is 1. The second-order valence-corrected chi connectivity index (χ2v) is 10.6. The number of amides is 2. The fourth-order valence-electron chi connectivity index (χ4n) is 3.95. The fourth-order valence-corrected chi connectivity index (χ4v) is 4.81. The van der Waals surface area contributed by atoms with E-state index in [-0.39, 0.29) is 18.0 Å². The number of fused-ring (bicyclic) bond motifs is 1. The minimum Gasteiger partial charge on any atom is -0.354 e. The van der Waals surface area contributed by atoms with Crippen LogP contribution in [0.2, 0.25) is 0 Å². The lowest BCUT2D eigenvalue weighted by Crippen LogP contribution is -2.51. The SMILES string of the molecule is CCCCNC(=O)C(C)N(Cc1ccccc1F)C(=O)CN(c1cccc2ccccc12)S(C)(=O)=O. The summed E-state index contributed by atoms with van der Waals surface area (Å²) in [4.78, 5) is 27.7. The van der Waals surface area contributed by atoms with E-state index in [1.807, 2.05) is 25.1 Å². The third-order valence-corrected chi connectivity index (χ3v) is 7.14. The number of nitrogens with one attached hydrogen (secondary N) is 1. The largest absolute Gasteiger partial charge is 0.354 e. The quantitative estimate of drug-likeness (QED) is 0.392. The van der Waals surface area contributed by atoms with Crippen molar-refractivity contribution in [2.24, 2.45) is 0 Å². The van der Waals surface area contributed by atoms with Crippen LogP contribution in [0.15, 0.2) is 66.7 Å². The van der Waals surface area contributed by atoms with Crippen molar-refractivity contribution in [2.75, 3.05) is 23.7 Å². The highest BCUT2D eigenvalue weighted by Gasteiger charge is 2.31. The van der Waals surface area contributed by atoms with Crippen LogP contribution in [0.3, 0.4) is 0 Å². The maximum absolute atomic E-state index is 14.5. The summed E-state index contributed by atoms with van der Waals surface area (Å²) in [6, 6.07) is 17.6. The van der Waals surface area contributed by atoms with Gasteiger partial charge in [0.2, 0.25) is 21.8 Å². The lowest BCUT2D eigenvalue weighted by atomic mass is 10.1. The van der Waals surface area contributed by atoms with Crippen molar-refractivity contribution in [3.05, 3.63) is 78.1 Å². The molecule has 0 aromatic heterocycles. The summed E-state index contributed by atoms with van der Waals surface area (Å²) >= 11 is 0. The number of rotatable bonds is 11. The van der Waals surface area contributed by atoms with Crippen molar-refractivity contribution in [1.82, 2.24) is 10.2 Å². The number of sulfonamides is 1. The Kier molecular flexibility index (Phi) is 9.03. The molecule has 0 spiro atoms. The monoisotopic (exact) mass is 513 g/mol. The number of benzene rings is 3.